The van der Waals surface area contributed by atoms with Gasteiger partial charge in [0.2, 0.25) is 5.91 Å². The molecule has 0 aliphatic carbocycles. The second kappa shape index (κ2) is 12.8. The Kier molecular flexibility index (Phi) is 9.39. The molecule has 236 valence electrons. The molecule has 4 heterocycles. The Bertz CT molecular complexity index is 1850. The highest BCUT2D eigenvalue weighted by molar-refractivity contribution is 6.50. The number of hydrogen-bond acceptors (Lipinski definition) is 7. The van der Waals surface area contributed by atoms with Crippen LogP contribution in [0.2, 0.25) is 20.1 Å². The molecule has 1 fully saturated rings. The van der Waals surface area contributed by atoms with Crippen LogP contribution in [0.25, 0.3) is 22.3 Å². The third-order valence-corrected chi connectivity index (χ3v) is 9.98. The number of halogens is 5. The highest BCUT2D eigenvalue weighted by Gasteiger charge is 2.36. The van der Waals surface area contributed by atoms with Crippen molar-refractivity contribution in [2.75, 3.05) is 37.6 Å². The number of amides is 1. The average molecular weight is 694 g/mol. The number of carbonyl (C=O) groups excluding carboxylic acids is 1. The van der Waals surface area contributed by atoms with Gasteiger partial charge in [-0.25, -0.2) is 9.37 Å². The summed E-state index contributed by atoms with van der Waals surface area (Å²) in [6, 6.07) is 3.05. The first-order valence-corrected chi connectivity index (χ1v) is 15.8. The normalized spacial score (nSPS) is 18.7. The fraction of sp³-hybridized carbons (Fsp3) is 0.387. The lowest BCUT2D eigenvalue weighted by Crippen LogP contribution is -2.49. The molecule has 0 saturated carbocycles. The van der Waals surface area contributed by atoms with Crippen LogP contribution in [0, 0.1) is 29.0 Å². The topological polar surface area (TPSA) is 115 Å². The van der Waals surface area contributed by atoms with Crippen LogP contribution in [-0.2, 0) is 4.79 Å². The largest absolute Gasteiger partial charge is 0.504 e. The molecule has 45 heavy (non-hydrogen) atoms. The second-order valence-corrected chi connectivity index (χ2v) is 12.9. The zero-order chi connectivity index (χ0) is 32.9. The van der Waals surface area contributed by atoms with Crippen LogP contribution in [0.4, 0.5) is 10.1 Å². The fourth-order valence-corrected chi connectivity index (χ4v) is 7.03. The first-order valence-electron chi connectivity index (χ1n) is 14.3. The van der Waals surface area contributed by atoms with E-state index in [1.165, 1.54) is 16.7 Å². The van der Waals surface area contributed by atoms with Gasteiger partial charge in [-0.1, -0.05) is 73.8 Å². The lowest BCUT2D eigenvalue weighted by molar-refractivity contribution is -0.126. The van der Waals surface area contributed by atoms with E-state index in [1.54, 1.807) is 4.90 Å². The van der Waals surface area contributed by atoms with E-state index in [9.17, 15) is 20.0 Å². The number of nitrogens with zero attached hydrogens (tertiary/aromatic N) is 6. The fourth-order valence-electron chi connectivity index (χ4n) is 6.11. The lowest BCUT2D eigenvalue weighted by atomic mass is 9.85. The van der Waals surface area contributed by atoms with Gasteiger partial charge in [0.25, 0.3) is 5.56 Å². The second-order valence-electron chi connectivity index (χ2n) is 11.4. The Morgan fingerprint density at radius 1 is 1.18 bits per heavy atom. The highest BCUT2D eigenvalue weighted by atomic mass is 35.5. The summed E-state index contributed by atoms with van der Waals surface area (Å²) in [5, 5.41) is 20.0. The third kappa shape index (κ3) is 5.54. The Morgan fingerprint density at radius 2 is 1.84 bits per heavy atom. The van der Waals surface area contributed by atoms with Crippen LogP contribution in [-0.4, -0.2) is 63.9 Å². The number of piperazine rings is 1. The van der Waals surface area contributed by atoms with Gasteiger partial charge < -0.3 is 14.9 Å². The summed E-state index contributed by atoms with van der Waals surface area (Å²) in [7, 11) is 0. The van der Waals surface area contributed by atoms with Gasteiger partial charge in [-0.3, -0.25) is 19.1 Å². The Hall–Kier alpha value is -3.36. The van der Waals surface area contributed by atoms with Crippen LogP contribution in [0.5, 0.6) is 5.75 Å². The molecule has 2 aliphatic heterocycles. The number of fused-ring (bicyclic) bond motifs is 1. The van der Waals surface area contributed by atoms with Gasteiger partial charge in [-0.2, -0.15) is 5.26 Å². The van der Waals surface area contributed by atoms with E-state index in [-0.39, 0.29) is 49.7 Å². The maximum absolute atomic E-state index is 15.6. The molecule has 3 aromatic rings. The molecular weight excluding hydrogens is 665 g/mol. The molecule has 5 rings (SSSR count). The van der Waals surface area contributed by atoms with Crippen molar-refractivity contribution in [1.82, 2.24) is 14.5 Å². The van der Waals surface area contributed by atoms with Crippen molar-refractivity contribution >= 4 is 74.7 Å². The molecule has 2 aliphatic rings. The Labute approximate surface area is 279 Å². The van der Waals surface area contributed by atoms with Crippen molar-refractivity contribution in [2.45, 2.75) is 33.2 Å². The maximum Gasteiger partial charge on any atom is 0.272 e. The molecule has 1 saturated heterocycles. The van der Waals surface area contributed by atoms with E-state index in [2.05, 4.69) is 12.6 Å². The molecule has 2 atom stereocenters. The zero-order valence-corrected chi connectivity index (χ0v) is 27.7. The third-order valence-electron chi connectivity index (χ3n) is 8.37. The lowest BCUT2D eigenvalue weighted by Gasteiger charge is -2.38. The van der Waals surface area contributed by atoms with Crippen LogP contribution < -0.4 is 10.5 Å². The number of anilines is 1. The number of benzene rings is 1. The summed E-state index contributed by atoms with van der Waals surface area (Å²) >= 11 is 25.4. The average Bonchev–Trinajstić information content (AvgIpc) is 3.02. The van der Waals surface area contributed by atoms with E-state index < -0.39 is 33.8 Å². The summed E-state index contributed by atoms with van der Waals surface area (Å²) in [6.07, 6.45) is 1.92. The number of aliphatic imine (C=N–C) groups is 1. The van der Waals surface area contributed by atoms with Crippen LogP contribution in [0.3, 0.4) is 0 Å². The predicted octanol–water partition coefficient (Wildman–Crippen LogP) is 6.91. The highest BCUT2D eigenvalue weighted by Crippen LogP contribution is 2.48. The molecule has 1 aromatic carbocycles. The van der Waals surface area contributed by atoms with Crippen molar-refractivity contribution in [3.8, 4) is 23.1 Å². The monoisotopic (exact) mass is 692 g/mol. The van der Waals surface area contributed by atoms with Crippen LogP contribution in [0.1, 0.15) is 38.8 Å². The van der Waals surface area contributed by atoms with Gasteiger partial charge in [0.15, 0.2) is 11.6 Å². The van der Waals surface area contributed by atoms with Crippen LogP contribution >= 0.6 is 46.4 Å². The minimum Gasteiger partial charge on any atom is -0.504 e. The summed E-state index contributed by atoms with van der Waals surface area (Å²) in [4.78, 5) is 39.7. The van der Waals surface area contributed by atoms with Crippen LogP contribution in [0.15, 0.2) is 28.5 Å². The van der Waals surface area contributed by atoms with Crippen molar-refractivity contribution in [1.29, 1.82) is 5.26 Å². The number of carbonyl (C=O) groups is 1. The summed E-state index contributed by atoms with van der Waals surface area (Å²) in [6.45, 7) is 11.4. The molecule has 2 aromatic heterocycles. The standard InChI is InChI=1S/C31H29Cl4FN6O3/c1-5-19(43)40-8-10-41(11-9-40)28-16-12-18(32)26(20-21(33)22(34)23(35)29(44)24(20)36)39-30(16)42(31(45)17(28)13-37)27-15(4)6-7-38-25(27)14(2)3/h5,12,14-15,27,44H,1,6-11H2,2-4H3/t15-,27?/m1/s1. The van der Waals surface area contributed by atoms with E-state index in [1.807, 2.05) is 25.7 Å². The molecule has 0 bridgehead atoms. The summed E-state index contributed by atoms with van der Waals surface area (Å²) in [5.41, 5.74) is -0.111. The van der Waals surface area contributed by atoms with Gasteiger partial charge in [-0.15, -0.1) is 0 Å². The van der Waals surface area contributed by atoms with Crippen molar-refractivity contribution < 1.29 is 14.3 Å². The van der Waals surface area contributed by atoms with Gasteiger partial charge in [-0.05, 0) is 30.4 Å². The Balaban J connectivity index is 1.88. The van der Waals surface area contributed by atoms with Crippen molar-refractivity contribution in [3.63, 3.8) is 0 Å². The molecule has 0 spiro atoms. The first-order chi connectivity index (χ1) is 21.3. The van der Waals surface area contributed by atoms with Crippen molar-refractivity contribution in [2.24, 2.45) is 16.8 Å². The number of phenols is 1. The number of phenolic OH excluding ortho intramolecular Hbond substituents is 1. The zero-order valence-electron chi connectivity index (χ0n) is 24.7. The number of aromatic nitrogens is 2. The van der Waals surface area contributed by atoms with Crippen molar-refractivity contribution in [3.05, 3.63) is 60.5 Å². The number of pyridine rings is 2. The SMILES string of the molecule is C=CC(=O)N1CCN(c2c(C#N)c(=O)n(C3C(C(C)C)=NCC[C@H]3C)c3nc(-c4c(F)c(O)c(Cl)c(Cl)c4Cl)c(Cl)cc23)CC1. The minimum absolute atomic E-state index is 0.0361. The molecule has 1 unspecified atom stereocenters. The van der Waals surface area contributed by atoms with Gasteiger partial charge in [0.1, 0.15) is 22.3 Å². The van der Waals surface area contributed by atoms with E-state index >= 15 is 4.39 Å². The molecule has 1 amide bonds. The smallest absolute Gasteiger partial charge is 0.272 e. The summed E-state index contributed by atoms with van der Waals surface area (Å²) in [5.74, 6) is -2.45. The Morgan fingerprint density at radius 3 is 2.44 bits per heavy atom. The maximum atomic E-state index is 15.6. The molecular formula is C31H29Cl4FN6O3. The summed E-state index contributed by atoms with van der Waals surface area (Å²) < 4.78 is 17.0. The molecule has 14 heteroatoms. The quantitative estimate of drug-likeness (QED) is 0.177. The number of hydrogen-bond donors (Lipinski definition) is 1. The van der Waals surface area contributed by atoms with Gasteiger partial charge >= 0.3 is 0 Å². The first kappa shape index (κ1) is 33.0. The van der Waals surface area contributed by atoms with Gasteiger partial charge in [0.05, 0.1) is 38.1 Å². The van der Waals surface area contributed by atoms with E-state index in [4.69, 9.17) is 56.4 Å². The molecule has 9 nitrogen and oxygen atoms in total. The van der Waals surface area contributed by atoms with E-state index in [0.29, 0.717) is 50.2 Å². The number of nitriles is 1. The number of rotatable bonds is 5. The van der Waals surface area contributed by atoms with Gasteiger partial charge in [0, 0.05) is 43.8 Å². The number of aromatic hydroxyl groups is 1. The minimum atomic E-state index is -1.19. The predicted molar refractivity (Wildman–Crippen MR) is 177 cm³/mol. The molecule has 0 radical (unpaired) electrons. The van der Waals surface area contributed by atoms with E-state index in [0.717, 1.165) is 5.71 Å². The molecule has 1 N–H and O–H groups in total.